The second kappa shape index (κ2) is 5.54. The molecule has 0 radical (unpaired) electrons. The van der Waals surface area contributed by atoms with Crippen molar-refractivity contribution in [3.63, 3.8) is 0 Å². The molecule has 1 aromatic carbocycles. The lowest BCUT2D eigenvalue weighted by atomic mass is 9.97. The number of phenolic OH excluding ortho intramolecular Hbond substituents is 2. The molecular weight excluding hydrogens is 224 g/mol. The lowest BCUT2D eigenvalue weighted by Crippen LogP contribution is -2.07. The largest absolute Gasteiger partial charge is 0.504 e. The van der Waals surface area contributed by atoms with Gasteiger partial charge in [-0.05, 0) is 18.6 Å². The maximum Gasteiger partial charge on any atom is 0.336 e. The Morgan fingerprint density at radius 3 is 2.53 bits per heavy atom. The van der Waals surface area contributed by atoms with E-state index in [1.807, 2.05) is 6.92 Å². The van der Waals surface area contributed by atoms with Crippen LogP contribution >= 0.6 is 0 Å². The van der Waals surface area contributed by atoms with Gasteiger partial charge in [0.2, 0.25) is 0 Å². The Bertz CT molecular complexity index is 414. The molecule has 0 aliphatic carbocycles. The number of carboxylic acids is 1. The smallest absolute Gasteiger partial charge is 0.336 e. The molecule has 0 saturated heterocycles. The van der Waals surface area contributed by atoms with E-state index < -0.39 is 23.6 Å². The number of hydrogen-bond donors (Lipinski definition) is 4. The van der Waals surface area contributed by atoms with E-state index in [0.717, 1.165) is 12.5 Å². The monoisotopic (exact) mass is 240 g/mol. The summed E-state index contributed by atoms with van der Waals surface area (Å²) in [6.45, 7) is 1.94. The molecule has 0 aromatic heterocycles. The van der Waals surface area contributed by atoms with Crippen LogP contribution in [-0.4, -0.2) is 26.4 Å². The van der Waals surface area contributed by atoms with Gasteiger partial charge in [-0.1, -0.05) is 19.8 Å². The first-order chi connectivity index (χ1) is 7.99. The number of carbonyl (C=O) groups is 1. The van der Waals surface area contributed by atoms with Gasteiger partial charge in [0.15, 0.2) is 11.5 Å². The van der Waals surface area contributed by atoms with Crippen molar-refractivity contribution in [1.82, 2.24) is 0 Å². The number of carboxylic acid groups (broad SMARTS) is 1. The molecule has 0 saturated carbocycles. The van der Waals surface area contributed by atoms with Crippen LogP contribution in [0.2, 0.25) is 0 Å². The van der Waals surface area contributed by atoms with Gasteiger partial charge in [-0.25, -0.2) is 4.79 Å². The second-order valence-electron chi connectivity index (χ2n) is 3.86. The molecule has 5 nitrogen and oxygen atoms in total. The summed E-state index contributed by atoms with van der Waals surface area (Å²) in [7, 11) is 0. The number of phenols is 2. The van der Waals surface area contributed by atoms with Crippen molar-refractivity contribution in [3.8, 4) is 11.5 Å². The molecular formula is C12H16O5. The number of aliphatic hydroxyl groups is 1. The summed E-state index contributed by atoms with van der Waals surface area (Å²) < 4.78 is 0. The van der Waals surface area contributed by atoms with Crippen LogP contribution in [0.4, 0.5) is 0 Å². The van der Waals surface area contributed by atoms with Crippen LogP contribution in [0.5, 0.6) is 11.5 Å². The summed E-state index contributed by atoms with van der Waals surface area (Å²) in [5.74, 6) is -2.24. The molecule has 1 aromatic rings. The zero-order chi connectivity index (χ0) is 13.0. The maximum atomic E-state index is 11.0. The van der Waals surface area contributed by atoms with Crippen molar-refractivity contribution in [1.29, 1.82) is 0 Å². The summed E-state index contributed by atoms with van der Waals surface area (Å²) in [4.78, 5) is 11.0. The van der Waals surface area contributed by atoms with E-state index in [2.05, 4.69) is 0 Å². The average molecular weight is 240 g/mol. The van der Waals surface area contributed by atoms with Crippen molar-refractivity contribution in [2.24, 2.45) is 0 Å². The average Bonchev–Trinajstić information content (AvgIpc) is 2.28. The van der Waals surface area contributed by atoms with Gasteiger partial charge in [-0.3, -0.25) is 0 Å². The Morgan fingerprint density at radius 1 is 1.35 bits per heavy atom. The van der Waals surface area contributed by atoms with Crippen LogP contribution in [0.15, 0.2) is 12.1 Å². The Balaban J connectivity index is 3.18. The molecule has 1 atom stereocenters. The van der Waals surface area contributed by atoms with Crippen molar-refractivity contribution < 1.29 is 25.2 Å². The molecule has 0 heterocycles. The molecule has 1 rings (SSSR count). The minimum atomic E-state index is -1.24. The highest BCUT2D eigenvalue weighted by molar-refractivity contribution is 5.91. The third-order valence-electron chi connectivity index (χ3n) is 2.59. The molecule has 0 fully saturated rings. The predicted molar refractivity (Wildman–Crippen MR) is 61.2 cm³/mol. The fraction of sp³-hybridized carbons (Fsp3) is 0.417. The SMILES string of the molecule is CCCCC(O)c1c(C(=O)O)ccc(O)c1O. The highest BCUT2D eigenvalue weighted by Crippen LogP contribution is 2.37. The van der Waals surface area contributed by atoms with E-state index in [4.69, 9.17) is 5.11 Å². The molecule has 5 heteroatoms. The minimum absolute atomic E-state index is 0.119. The fourth-order valence-corrected chi connectivity index (χ4v) is 1.66. The van der Waals surface area contributed by atoms with Gasteiger partial charge in [-0.15, -0.1) is 0 Å². The summed E-state index contributed by atoms with van der Waals surface area (Å²) in [6, 6.07) is 2.26. The van der Waals surface area contributed by atoms with Crippen LogP contribution in [0.1, 0.15) is 48.2 Å². The van der Waals surface area contributed by atoms with Gasteiger partial charge < -0.3 is 20.4 Å². The van der Waals surface area contributed by atoms with Crippen molar-refractivity contribution in [2.75, 3.05) is 0 Å². The Kier molecular flexibility index (Phi) is 4.34. The minimum Gasteiger partial charge on any atom is -0.504 e. The molecule has 0 amide bonds. The summed E-state index contributed by atoms with van der Waals surface area (Å²) in [6.07, 6.45) is 0.801. The van der Waals surface area contributed by atoms with Crippen molar-refractivity contribution in [3.05, 3.63) is 23.3 Å². The molecule has 4 N–H and O–H groups in total. The maximum absolute atomic E-state index is 11.0. The Labute approximate surface area is 99.0 Å². The predicted octanol–water partition coefficient (Wildman–Crippen LogP) is 2.02. The lowest BCUT2D eigenvalue weighted by Gasteiger charge is -2.15. The van der Waals surface area contributed by atoms with E-state index in [9.17, 15) is 20.1 Å². The van der Waals surface area contributed by atoms with E-state index in [1.165, 1.54) is 6.07 Å². The summed E-state index contributed by atoms with van der Waals surface area (Å²) >= 11 is 0. The first-order valence-corrected chi connectivity index (χ1v) is 5.45. The Morgan fingerprint density at radius 2 is 2.00 bits per heavy atom. The topological polar surface area (TPSA) is 98.0 Å². The fourth-order valence-electron chi connectivity index (χ4n) is 1.66. The third-order valence-corrected chi connectivity index (χ3v) is 2.59. The van der Waals surface area contributed by atoms with Crippen LogP contribution in [0.3, 0.4) is 0 Å². The van der Waals surface area contributed by atoms with E-state index >= 15 is 0 Å². The number of hydrogen-bond acceptors (Lipinski definition) is 4. The van der Waals surface area contributed by atoms with Gasteiger partial charge >= 0.3 is 5.97 Å². The number of aliphatic hydroxyl groups excluding tert-OH is 1. The first kappa shape index (κ1) is 13.3. The number of aromatic hydroxyl groups is 2. The zero-order valence-electron chi connectivity index (χ0n) is 9.55. The molecule has 0 bridgehead atoms. The van der Waals surface area contributed by atoms with Crippen molar-refractivity contribution >= 4 is 5.97 Å². The summed E-state index contributed by atoms with van der Waals surface area (Å²) in [5.41, 5.74) is -0.310. The standard InChI is InChI=1S/C12H16O5/c1-2-3-4-8(13)10-7(12(16)17)5-6-9(14)11(10)15/h5-6,8,13-15H,2-4H2,1H3,(H,16,17). The molecule has 1 unspecified atom stereocenters. The van der Waals surface area contributed by atoms with Gasteiger partial charge in [-0.2, -0.15) is 0 Å². The second-order valence-corrected chi connectivity index (χ2v) is 3.86. The quantitative estimate of drug-likeness (QED) is 0.590. The van der Waals surface area contributed by atoms with Crippen LogP contribution in [-0.2, 0) is 0 Å². The Hall–Kier alpha value is -1.75. The number of unbranched alkanes of at least 4 members (excludes halogenated alkanes) is 1. The van der Waals surface area contributed by atoms with E-state index in [0.29, 0.717) is 12.8 Å². The molecule has 0 aliphatic heterocycles. The molecule has 0 spiro atoms. The van der Waals surface area contributed by atoms with Gasteiger partial charge in [0.25, 0.3) is 0 Å². The third kappa shape index (κ3) is 2.88. The normalized spacial score (nSPS) is 12.4. The number of benzene rings is 1. The molecule has 94 valence electrons. The lowest BCUT2D eigenvalue weighted by molar-refractivity contribution is 0.0686. The van der Waals surface area contributed by atoms with Gasteiger partial charge in [0.05, 0.1) is 11.7 Å². The number of aromatic carboxylic acids is 1. The van der Waals surface area contributed by atoms with E-state index in [1.54, 1.807) is 0 Å². The molecule has 17 heavy (non-hydrogen) atoms. The van der Waals surface area contributed by atoms with Gasteiger partial charge in [0.1, 0.15) is 0 Å². The number of rotatable bonds is 5. The highest BCUT2D eigenvalue weighted by atomic mass is 16.4. The first-order valence-electron chi connectivity index (χ1n) is 5.45. The molecule has 0 aliphatic rings. The van der Waals surface area contributed by atoms with E-state index in [-0.39, 0.29) is 11.1 Å². The van der Waals surface area contributed by atoms with Crippen LogP contribution in [0, 0.1) is 0 Å². The highest BCUT2D eigenvalue weighted by Gasteiger charge is 2.22. The van der Waals surface area contributed by atoms with Crippen LogP contribution in [0.25, 0.3) is 0 Å². The van der Waals surface area contributed by atoms with Gasteiger partial charge in [0, 0.05) is 5.56 Å². The summed E-state index contributed by atoms with van der Waals surface area (Å²) in [5, 5.41) is 37.8. The zero-order valence-corrected chi connectivity index (χ0v) is 9.55. The van der Waals surface area contributed by atoms with Crippen molar-refractivity contribution in [2.45, 2.75) is 32.3 Å². The van der Waals surface area contributed by atoms with Crippen LogP contribution < -0.4 is 0 Å².